The summed E-state index contributed by atoms with van der Waals surface area (Å²) in [6, 6.07) is 11.6. The summed E-state index contributed by atoms with van der Waals surface area (Å²) in [5, 5.41) is 3.52. The van der Waals surface area contributed by atoms with Crippen LogP contribution in [0, 0.1) is 0 Å². The van der Waals surface area contributed by atoms with Crippen molar-refractivity contribution in [1.82, 2.24) is 5.32 Å². The first-order chi connectivity index (χ1) is 11.2. The Hall–Kier alpha value is -0.683. The Kier molecular flexibility index (Phi) is 11.2. The van der Waals surface area contributed by atoms with Crippen molar-refractivity contribution in [3.8, 4) is 0 Å². The smallest absolute Gasteiger partial charge is 0.334 e. The lowest BCUT2D eigenvalue weighted by atomic mass is 10.2. The van der Waals surface area contributed by atoms with Crippen molar-refractivity contribution in [2.45, 2.75) is 65.1 Å². The molecule has 1 rings (SSSR count). The van der Waals surface area contributed by atoms with Crippen LogP contribution in [0.5, 0.6) is 0 Å². The first kappa shape index (κ1) is 20.4. The normalized spacial score (nSPS) is 11.8. The van der Waals surface area contributed by atoms with Crippen LogP contribution < -0.4 is 5.32 Å². The summed E-state index contributed by atoms with van der Waals surface area (Å²) in [6.07, 6.45) is 5.74. The molecule has 0 heterocycles. The zero-order valence-corrected chi connectivity index (χ0v) is 16.3. The van der Waals surface area contributed by atoms with E-state index in [-0.39, 0.29) is 0 Å². The molecule has 0 aliphatic carbocycles. The molecule has 0 aliphatic heterocycles. The summed E-state index contributed by atoms with van der Waals surface area (Å²) < 4.78 is 12.3. The summed E-state index contributed by atoms with van der Waals surface area (Å²) in [7, 11) is -1.99. The van der Waals surface area contributed by atoms with Crippen LogP contribution in [0.25, 0.3) is 0 Å². The lowest BCUT2D eigenvalue weighted by molar-refractivity contribution is 0.168. The van der Waals surface area contributed by atoms with Gasteiger partial charge in [0.15, 0.2) is 0 Å². The van der Waals surface area contributed by atoms with Gasteiger partial charge in [0, 0.05) is 19.8 Å². The average molecular weight is 338 g/mol. The maximum Gasteiger partial charge on any atom is 0.334 e. The fourth-order valence-electron chi connectivity index (χ4n) is 2.41. The Balaban J connectivity index is 2.25. The quantitative estimate of drug-likeness (QED) is 0.388. The van der Waals surface area contributed by atoms with Crippen molar-refractivity contribution >= 4 is 8.56 Å². The van der Waals surface area contributed by atoms with Gasteiger partial charge in [-0.05, 0) is 44.0 Å². The van der Waals surface area contributed by atoms with Gasteiger partial charge >= 0.3 is 8.56 Å². The average Bonchev–Trinajstić information content (AvgIpc) is 2.56. The molecule has 0 spiro atoms. The largest absolute Gasteiger partial charge is 0.394 e. The second kappa shape index (κ2) is 12.7. The lowest BCUT2D eigenvalue weighted by Crippen LogP contribution is -2.40. The van der Waals surface area contributed by atoms with Gasteiger partial charge in [-0.1, -0.05) is 57.0 Å². The highest BCUT2D eigenvalue weighted by atomic mass is 28.4. The van der Waals surface area contributed by atoms with Gasteiger partial charge in [-0.3, -0.25) is 0 Å². The second-order valence-corrected chi connectivity index (χ2v) is 9.65. The van der Waals surface area contributed by atoms with Gasteiger partial charge in [0.05, 0.1) is 0 Å². The van der Waals surface area contributed by atoms with E-state index >= 15 is 0 Å². The Morgan fingerprint density at radius 2 is 1.52 bits per heavy atom. The molecule has 1 aromatic carbocycles. The maximum absolute atomic E-state index is 6.17. The topological polar surface area (TPSA) is 30.5 Å². The molecule has 1 N–H and O–H groups in total. The highest BCUT2D eigenvalue weighted by Gasteiger charge is 2.30. The Bertz CT molecular complexity index is 376. The first-order valence-electron chi connectivity index (χ1n) is 9.22. The third-order valence-electron chi connectivity index (χ3n) is 3.97. The first-order valence-corrected chi connectivity index (χ1v) is 11.7. The third kappa shape index (κ3) is 9.92. The van der Waals surface area contributed by atoms with E-state index in [2.05, 4.69) is 56.0 Å². The summed E-state index contributed by atoms with van der Waals surface area (Å²) in [5.41, 5.74) is 1.34. The van der Waals surface area contributed by atoms with Crippen LogP contribution in [0.2, 0.25) is 12.6 Å². The number of rotatable bonds is 14. The Morgan fingerprint density at radius 1 is 0.913 bits per heavy atom. The van der Waals surface area contributed by atoms with Gasteiger partial charge in [-0.2, -0.15) is 0 Å². The fourth-order valence-corrected chi connectivity index (χ4v) is 4.76. The van der Waals surface area contributed by atoms with Crippen LogP contribution in [0.15, 0.2) is 30.3 Å². The molecule has 0 aliphatic rings. The molecule has 0 saturated heterocycles. The minimum absolute atomic E-state index is 0.850. The summed E-state index contributed by atoms with van der Waals surface area (Å²) in [6.45, 7) is 10.3. The van der Waals surface area contributed by atoms with E-state index in [1.54, 1.807) is 0 Å². The van der Waals surface area contributed by atoms with Crippen LogP contribution in [0.3, 0.4) is 0 Å². The molecule has 0 fully saturated rings. The van der Waals surface area contributed by atoms with Crippen molar-refractivity contribution in [3.63, 3.8) is 0 Å². The molecule has 23 heavy (non-hydrogen) atoms. The van der Waals surface area contributed by atoms with Crippen LogP contribution >= 0.6 is 0 Å². The van der Waals surface area contributed by atoms with Gasteiger partial charge in [0.1, 0.15) is 0 Å². The molecular weight excluding hydrogens is 302 g/mol. The highest BCUT2D eigenvalue weighted by Crippen LogP contribution is 2.17. The van der Waals surface area contributed by atoms with E-state index in [1.807, 2.05) is 0 Å². The SMILES string of the molecule is CCCCO[Si](C)(CCCNCc1ccccc1)OCCCC. The van der Waals surface area contributed by atoms with E-state index < -0.39 is 8.56 Å². The molecule has 1 aromatic rings. The summed E-state index contributed by atoms with van der Waals surface area (Å²) in [4.78, 5) is 0. The number of hydrogen-bond donors (Lipinski definition) is 1. The lowest BCUT2D eigenvalue weighted by Gasteiger charge is -2.27. The number of hydrogen-bond acceptors (Lipinski definition) is 3. The van der Waals surface area contributed by atoms with E-state index in [4.69, 9.17) is 8.85 Å². The van der Waals surface area contributed by atoms with Gasteiger partial charge in [-0.15, -0.1) is 0 Å². The predicted octanol–water partition coefficient (Wildman–Crippen LogP) is 4.87. The van der Waals surface area contributed by atoms with Crippen LogP contribution in [0.1, 0.15) is 51.5 Å². The third-order valence-corrected chi connectivity index (χ3v) is 6.86. The predicted molar refractivity (Wildman–Crippen MR) is 101 cm³/mol. The minimum Gasteiger partial charge on any atom is -0.394 e. The zero-order valence-electron chi connectivity index (χ0n) is 15.3. The Labute approximate surface area is 144 Å². The van der Waals surface area contributed by atoms with Gasteiger partial charge in [-0.25, -0.2) is 0 Å². The van der Waals surface area contributed by atoms with Crippen molar-refractivity contribution in [2.75, 3.05) is 19.8 Å². The second-order valence-electron chi connectivity index (χ2n) is 6.30. The number of benzene rings is 1. The number of unbranched alkanes of at least 4 members (excludes halogenated alkanes) is 2. The molecule has 4 heteroatoms. The monoisotopic (exact) mass is 337 g/mol. The van der Waals surface area contributed by atoms with Crippen molar-refractivity contribution < 1.29 is 8.85 Å². The molecule has 0 unspecified atom stereocenters. The Morgan fingerprint density at radius 3 is 2.09 bits per heavy atom. The molecule has 0 bridgehead atoms. The standard InChI is InChI=1S/C19H35NO2Si/c1-4-6-15-21-23(3,22-16-7-5-2)17-11-14-20-18-19-12-9-8-10-13-19/h8-10,12-13,20H,4-7,11,14-18H2,1-3H3. The molecule has 132 valence electrons. The van der Waals surface area contributed by atoms with Crippen molar-refractivity contribution in [1.29, 1.82) is 0 Å². The maximum atomic E-state index is 6.17. The zero-order chi connectivity index (χ0) is 16.8. The van der Waals surface area contributed by atoms with E-state index in [1.165, 1.54) is 18.4 Å². The molecule has 0 amide bonds. The van der Waals surface area contributed by atoms with Crippen LogP contribution in [0.4, 0.5) is 0 Å². The highest BCUT2D eigenvalue weighted by molar-refractivity contribution is 6.66. The minimum atomic E-state index is -1.99. The van der Waals surface area contributed by atoms with E-state index in [0.29, 0.717) is 0 Å². The van der Waals surface area contributed by atoms with Crippen LogP contribution in [-0.4, -0.2) is 28.3 Å². The molecule has 0 atom stereocenters. The molecule has 0 saturated carbocycles. The molecule has 3 nitrogen and oxygen atoms in total. The molecular formula is C19H35NO2Si. The summed E-state index contributed by atoms with van der Waals surface area (Å²) >= 11 is 0. The van der Waals surface area contributed by atoms with Crippen molar-refractivity contribution in [3.05, 3.63) is 35.9 Å². The fraction of sp³-hybridized carbons (Fsp3) is 0.684. The van der Waals surface area contributed by atoms with E-state index in [0.717, 1.165) is 51.6 Å². The van der Waals surface area contributed by atoms with Crippen molar-refractivity contribution in [2.24, 2.45) is 0 Å². The van der Waals surface area contributed by atoms with Crippen LogP contribution in [-0.2, 0) is 15.4 Å². The van der Waals surface area contributed by atoms with Gasteiger partial charge < -0.3 is 14.2 Å². The molecule has 0 aromatic heterocycles. The van der Waals surface area contributed by atoms with E-state index in [9.17, 15) is 0 Å². The number of nitrogens with one attached hydrogen (secondary N) is 1. The molecule has 0 radical (unpaired) electrons. The summed E-state index contributed by atoms with van der Waals surface area (Å²) in [5.74, 6) is 0. The van der Waals surface area contributed by atoms with Gasteiger partial charge in [0.2, 0.25) is 0 Å². The van der Waals surface area contributed by atoms with Gasteiger partial charge in [0.25, 0.3) is 0 Å².